The van der Waals surface area contributed by atoms with E-state index >= 15 is 0 Å². The number of ether oxygens (including phenoxy) is 2. The maximum atomic E-state index is 13.5. The van der Waals surface area contributed by atoms with E-state index in [1.807, 2.05) is 25.1 Å². The van der Waals surface area contributed by atoms with Crippen molar-refractivity contribution < 1.29 is 23.9 Å². The van der Waals surface area contributed by atoms with E-state index in [0.717, 1.165) is 10.9 Å². The van der Waals surface area contributed by atoms with Crippen LogP contribution in [-0.4, -0.2) is 72.6 Å². The predicted molar refractivity (Wildman–Crippen MR) is 123 cm³/mol. The fraction of sp³-hybridized carbons (Fsp3) is 0.500. The third-order valence-electron chi connectivity index (χ3n) is 6.46. The van der Waals surface area contributed by atoms with Crippen molar-refractivity contribution in [2.75, 3.05) is 26.8 Å². The molecule has 2 saturated heterocycles. The molecule has 4 rings (SSSR count). The standard InChI is InChI=1S/C24H29N5O5/c1-3-34-16-10-20(23(31)27-15(12-25)9-14-7-8-26-22(14)30)29(13-16)24(32)19-11-17-18(28-19)5-4-6-21(17)33-2/h4-6,11,14-16,20,28H,3,7-10,13H2,1-2H3,(H,26,30)(H,27,31)/t14-,15-,16+,20-/m0/s1. The van der Waals surface area contributed by atoms with Crippen molar-refractivity contribution in [3.8, 4) is 11.8 Å². The first-order valence-electron chi connectivity index (χ1n) is 11.5. The number of nitriles is 1. The maximum Gasteiger partial charge on any atom is 0.271 e. The van der Waals surface area contributed by atoms with Gasteiger partial charge in [0.25, 0.3) is 5.91 Å². The smallest absolute Gasteiger partial charge is 0.271 e. The first kappa shape index (κ1) is 23.6. The van der Waals surface area contributed by atoms with E-state index in [2.05, 4.69) is 21.7 Å². The summed E-state index contributed by atoms with van der Waals surface area (Å²) in [6.07, 6.45) is 0.921. The van der Waals surface area contributed by atoms with Crippen molar-refractivity contribution in [3.63, 3.8) is 0 Å². The molecule has 3 N–H and O–H groups in total. The van der Waals surface area contributed by atoms with Gasteiger partial charge in [0.05, 0.1) is 19.3 Å². The monoisotopic (exact) mass is 467 g/mol. The lowest BCUT2D eigenvalue weighted by atomic mass is 9.99. The van der Waals surface area contributed by atoms with Crippen molar-refractivity contribution in [1.82, 2.24) is 20.5 Å². The van der Waals surface area contributed by atoms with Crippen molar-refractivity contribution >= 4 is 28.6 Å². The third kappa shape index (κ3) is 4.70. The number of carbonyl (C=O) groups is 3. The molecule has 0 saturated carbocycles. The minimum atomic E-state index is -0.818. The zero-order chi connectivity index (χ0) is 24.2. The van der Waals surface area contributed by atoms with Crippen LogP contribution in [0.2, 0.25) is 0 Å². The number of H-pyrrole nitrogens is 1. The third-order valence-corrected chi connectivity index (χ3v) is 6.46. The molecule has 1 aromatic carbocycles. The molecule has 34 heavy (non-hydrogen) atoms. The van der Waals surface area contributed by atoms with Crippen molar-refractivity contribution in [2.24, 2.45) is 5.92 Å². The molecule has 2 aliphatic rings. The number of nitrogens with one attached hydrogen (secondary N) is 3. The number of likely N-dealkylation sites (tertiary alicyclic amines) is 1. The summed E-state index contributed by atoms with van der Waals surface area (Å²) in [7, 11) is 1.57. The van der Waals surface area contributed by atoms with Gasteiger partial charge in [0.1, 0.15) is 23.5 Å². The topological polar surface area (TPSA) is 137 Å². The van der Waals surface area contributed by atoms with Gasteiger partial charge in [0.2, 0.25) is 11.8 Å². The number of aromatic nitrogens is 1. The van der Waals surface area contributed by atoms with Crippen LogP contribution in [0.4, 0.5) is 0 Å². The highest BCUT2D eigenvalue weighted by Gasteiger charge is 2.41. The maximum absolute atomic E-state index is 13.5. The molecule has 3 heterocycles. The fourth-order valence-electron chi connectivity index (χ4n) is 4.77. The Balaban J connectivity index is 1.53. The zero-order valence-electron chi connectivity index (χ0n) is 19.3. The van der Waals surface area contributed by atoms with Gasteiger partial charge in [-0.15, -0.1) is 0 Å². The summed E-state index contributed by atoms with van der Waals surface area (Å²) in [5.41, 5.74) is 1.09. The van der Waals surface area contributed by atoms with Crippen LogP contribution in [0.5, 0.6) is 5.75 Å². The highest BCUT2D eigenvalue weighted by Crippen LogP contribution is 2.29. The molecule has 4 atom stereocenters. The van der Waals surface area contributed by atoms with E-state index in [9.17, 15) is 19.6 Å². The van der Waals surface area contributed by atoms with E-state index in [4.69, 9.17) is 9.47 Å². The molecule has 2 aromatic rings. The Morgan fingerprint density at radius 3 is 2.88 bits per heavy atom. The van der Waals surface area contributed by atoms with E-state index in [1.165, 1.54) is 4.90 Å². The minimum Gasteiger partial charge on any atom is -0.496 e. The second-order valence-corrected chi connectivity index (χ2v) is 8.59. The lowest BCUT2D eigenvalue weighted by Gasteiger charge is -2.24. The average Bonchev–Trinajstić information content (AvgIpc) is 3.56. The normalized spacial score (nSPS) is 22.9. The van der Waals surface area contributed by atoms with Crippen LogP contribution in [0.1, 0.15) is 36.7 Å². The summed E-state index contributed by atoms with van der Waals surface area (Å²) in [5.74, 6) is -0.511. The SMILES string of the molecule is CCO[C@@H]1C[C@@H](C(=O)N[C@H](C#N)C[C@@H]2CCNC2=O)N(C(=O)c2cc3c(OC)cccc3[nH]2)C1. The van der Waals surface area contributed by atoms with Crippen molar-refractivity contribution in [1.29, 1.82) is 5.26 Å². The van der Waals surface area contributed by atoms with Crippen LogP contribution in [0.3, 0.4) is 0 Å². The zero-order valence-corrected chi connectivity index (χ0v) is 19.3. The number of hydrogen-bond donors (Lipinski definition) is 3. The van der Waals surface area contributed by atoms with E-state index in [-0.39, 0.29) is 36.8 Å². The van der Waals surface area contributed by atoms with Crippen LogP contribution in [-0.2, 0) is 14.3 Å². The van der Waals surface area contributed by atoms with Gasteiger partial charge >= 0.3 is 0 Å². The molecule has 1 aromatic heterocycles. The number of hydrogen-bond acceptors (Lipinski definition) is 6. The Labute approximate surface area is 197 Å². The van der Waals surface area contributed by atoms with Crippen LogP contribution >= 0.6 is 0 Å². The minimum absolute atomic E-state index is 0.0992. The van der Waals surface area contributed by atoms with Gasteiger partial charge in [-0.25, -0.2) is 0 Å². The van der Waals surface area contributed by atoms with Gasteiger partial charge < -0.3 is 30.0 Å². The molecular weight excluding hydrogens is 438 g/mol. The van der Waals surface area contributed by atoms with E-state index in [1.54, 1.807) is 13.2 Å². The van der Waals surface area contributed by atoms with Gasteiger partial charge in [0, 0.05) is 42.9 Å². The summed E-state index contributed by atoms with van der Waals surface area (Å²) >= 11 is 0. The molecule has 10 nitrogen and oxygen atoms in total. The molecule has 0 aliphatic carbocycles. The summed E-state index contributed by atoms with van der Waals surface area (Å²) in [6.45, 7) is 3.16. The van der Waals surface area contributed by atoms with Crippen LogP contribution in [0.25, 0.3) is 10.9 Å². The van der Waals surface area contributed by atoms with Crippen molar-refractivity contribution in [2.45, 2.75) is 44.4 Å². The number of aromatic amines is 1. The quantitative estimate of drug-likeness (QED) is 0.536. The van der Waals surface area contributed by atoms with Gasteiger partial charge in [0.15, 0.2) is 0 Å². The molecule has 180 valence electrons. The van der Waals surface area contributed by atoms with Crippen molar-refractivity contribution in [3.05, 3.63) is 30.0 Å². The molecule has 0 bridgehead atoms. The van der Waals surface area contributed by atoms with Gasteiger partial charge in [-0.2, -0.15) is 5.26 Å². The largest absolute Gasteiger partial charge is 0.496 e. The van der Waals surface area contributed by atoms with E-state index in [0.29, 0.717) is 37.4 Å². The second kappa shape index (κ2) is 10.1. The first-order chi connectivity index (χ1) is 16.4. The fourth-order valence-corrected chi connectivity index (χ4v) is 4.77. The Morgan fingerprint density at radius 2 is 2.21 bits per heavy atom. The Morgan fingerprint density at radius 1 is 1.38 bits per heavy atom. The number of carbonyl (C=O) groups excluding carboxylic acids is 3. The predicted octanol–water partition coefficient (Wildman–Crippen LogP) is 1.33. The van der Waals surface area contributed by atoms with Crippen LogP contribution < -0.4 is 15.4 Å². The van der Waals surface area contributed by atoms with Gasteiger partial charge in [-0.3, -0.25) is 14.4 Å². The average molecular weight is 468 g/mol. The summed E-state index contributed by atoms with van der Waals surface area (Å²) in [6, 6.07) is 7.69. The first-order valence-corrected chi connectivity index (χ1v) is 11.5. The number of nitrogens with zero attached hydrogens (tertiary/aromatic N) is 2. The molecule has 10 heteroatoms. The summed E-state index contributed by atoms with van der Waals surface area (Å²) in [5, 5.41) is 15.8. The molecule has 0 spiro atoms. The summed E-state index contributed by atoms with van der Waals surface area (Å²) < 4.78 is 11.1. The molecule has 3 amide bonds. The molecular formula is C24H29N5O5. The summed E-state index contributed by atoms with van der Waals surface area (Å²) in [4.78, 5) is 43.1. The van der Waals surface area contributed by atoms with E-state index < -0.39 is 18.0 Å². The number of rotatable bonds is 8. The number of fused-ring (bicyclic) bond motifs is 1. The Kier molecular flexibility index (Phi) is 7.03. The molecule has 0 unspecified atom stereocenters. The molecule has 2 fully saturated rings. The number of methoxy groups -OCH3 is 1. The lowest BCUT2D eigenvalue weighted by Crippen LogP contribution is -2.49. The molecule has 0 radical (unpaired) electrons. The molecule has 2 aliphatic heterocycles. The highest BCUT2D eigenvalue weighted by molar-refractivity contribution is 6.01. The van der Waals surface area contributed by atoms with Gasteiger partial charge in [-0.1, -0.05) is 6.07 Å². The van der Waals surface area contributed by atoms with Gasteiger partial charge in [-0.05, 0) is 38.0 Å². The number of amides is 3. The Bertz CT molecular complexity index is 1120. The highest BCUT2D eigenvalue weighted by atomic mass is 16.5. The lowest BCUT2D eigenvalue weighted by molar-refractivity contribution is -0.126. The van der Waals surface area contributed by atoms with Crippen LogP contribution in [0.15, 0.2) is 24.3 Å². The number of benzene rings is 1. The Hall–Kier alpha value is -3.58. The second-order valence-electron chi connectivity index (χ2n) is 8.59. The van der Waals surface area contributed by atoms with Crippen LogP contribution in [0, 0.1) is 17.2 Å².